The molecule has 1 atom stereocenters. The first-order chi connectivity index (χ1) is 10.3. The number of aliphatic hydroxyl groups is 1. The maximum atomic E-state index is 11.9. The number of carbonyl (C=O) groups excluding carboxylic acids is 1. The number of nitrogens with zero attached hydrogens (tertiary/aromatic N) is 2. The summed E-state index contributed by atoms with van der Waals surface area (Å²) in [6.45, 7) is 5.95. The van der Waals surface area contributed by atoms with Gasteiger partial charge in [0, 0.05) is 10.4 Å². The topological polar surface area (TPSA) is 88.2 Å². The molecule has 1 amide bonds. The Bertz CT molecular complexity index is 647. The van der Waals surface area contributed by atoms with Crippen LogP contribution in [0.25, 0.3) is 0 Å². The zero-order chi connectivity index (χ0) is 16.3. The van der Waals surface area contributed by atoms with Gasteiger partial charge in [-0.1, -0.05) is 49.7 Å². The quantitative estimate of drug-likeness (QED) is 0.901. The molecule has 118 valence electrons. The third kappa shape index (κ3) is 4.05. The molecule has 0 saturated heterocycles. The molecule has 2 rings (SSSR count). The number of benzene rings is 1. The first kappa shape index (κ1) is 16.5. The minimum atomic E-state index is -1.28. The summed E-state index contributed by atoms with van der Waals surface area (Å²) in [5.74, 6) is 0.314. The highest BCUT2D eigenvalue weighted by atomic mass is 35.5. The summed E-state index contributed by atoms with van der Waals surface area (Å²) < 4.78 is 5.07. The molecule has 1 aromatic carbocycles. The number of hydrogen-bond acceptors (Lipinski definition) is 5. The van der Waals surface area contributed by atoms with Crippen LogP contribution in [-0.2, 0) is 16.8 Å². The van der Waals surface area contributed by atoms with Crippen molar-refractivity contribution in [3.63, 3.8) is 0 Å². The molecular formula is C15H18ClN3O3. The molecule has 0 aliphatic carbocycles. The van der Waals surface area contributed by atoms with Crippen molar-refractivity contribution in [3.8, 4) is 0 Å². The van der Waals surface area contributed by atoms with Crippen molar-refractivity contribution in [3.05, 3.63) is 46.6 Å². The lowest BCUT2D eigenvalue weighted by Gasteiger charge is -2.11. The molecule has 22 heavy (non-hydrogen) atoms. The second kappa shape index (κ2) is 6.46. The molecular weight excluding hydrogens is 306 g/mol. The van der Waals surface area contributed by atoms with Crippen LogP contribution in [0.15, 0.2) is 28.8 Å². The smallest absolute Gasteiger partial charge is 0.253 e. The molecule has 0 bridgehead atoms. The van der Waals surface area contributed by atoms with Gasteiger partial charge < -0.3 is 14.9 Å². The standard InChI is InChI=1S/C15H18ClN3O3/c1-15(2,3)14-18-11(22-19-14)8-17-13(21)12(20)9-4-6-10(16)7-5-9/h4-7,12,20H,8H2,1-3H3,(H,17,21). The molecule has 1 heterocycles. The molecule has 0 spiro atoms. The van der Waals surface area contributed by atoms with Crippen LogP contribution >= 0.6 is 11.6 Å². The van der Waals surface area contributed by atoms with Gasteiger partial charge in [-0.25, -0.2) is 0 Å². The van der Waals surface area contributed by atoms with Gasteiger partial charge in [0.1, 0.15) is 0 Å². The Balaban J connectivity index is 1.95. The van der Waals surface area contributed by atoms with Crippen molar-refractivity contribution in [2.24, 2.45) is 0 Å². The Kier molecular flexibility index (Phi) is 4.83. The van der Waals surface area contributed by atoms with Gasteiger partial charge in [0.25, 0.3) is 5.91 Å². The van der Waals surface area contributed by atoms with Crippen LogP contribution in [0.2, 0.25) is 5.02 Å². The molecule has 0 fully saturated rings. The maximum absolute atomic E-state index is 11.9. The highest BCUT2D eigenvalue weighted by Crippen LogP contribution is 2.19. The monoisotopic (exact) mass is 323 g/mol. The molecule has 7 heteroatoms. The summed E-state index contributed by atoms with van der Waals surface area (Å²) in [5, 5.41) is 16.9. The Labute approximate surface area is 133 Å². The van der Waals surface area contributed by atoms with E-state index in [4.69, 9.17) is 16.1 Å². The van der Waals surface area contributed by atoms with E-state index in [1.165, 1.54) is 0 Å². The molecule has 0 radical (unpaired) electrons. The van der Waals surface area contributed by atoms with E-state index in [1.807, 2.05) is 20.8 Å². The summed E-state index contributed by atoms with van der Waals surface area (Å²) in [6.07, 6.45) is -1.28. The summed E-state index contributed by atoms with van der Waals surface area (Å²) in [5.41, 5.74) is 0.233. The zero-order valence-corrected chi connectivity index (χ0v) is 13.4. The molecule has 1 aromatic heterocycles. The normalized spacial score (nSPS) is 13.0. The number of aromatic nitrogens is 2. The predicted molar refractivity (Wildman–Crippen MR) is 81.3 cm³/mol. The summed E-state index contributed by atoms with van der Waals surface area (Å²) in [6, 6.07) is 6.41. The number of amides is 1. The third-order valence-corrected chi connectivity index (χ3v) is 3.24. The van der Waals surface area contributed by atoms with Crippen LogP contribution in [0, 0.1) is 0 Å². The first-order valence-corrected chi connectivity index (χ1v) is 7.19. The van der Waals surface area contributed by atoms with Gasteiger partial charge in [0.05, 0.1) is 6.54 Å². The molecule has 6 nitrogen and oxygen atoms in total. The lowest BCUT2D eigenvalue weighted by atomic mass is 9.96. The van der Waals surface area contributed by atoms with E-state index >= 15 is 0 Å². The average Bonchev–Trinajstić information content (AvgIpc) is 2.94. The van der Waals surface area contributed by atoms with Gasteiger partial charge in [-0.2, -0.15) is 4.98 Å². The van der Waals surface area contributed by atoms with Crippen LogP contribution in [0.1, 0.15) is 44.2 Å². The van der Waals surface area contributed by atoms with Crippen LogP contribution < -0.4 is 5.32 Å². The van der Waals surface area contributed by atoms with E-state index in [0.29, 0.717) is 22.3 Å². The predicted octanol–water partition coefficient (Wildman–Crippen LogP) is 2.37. The van der Waals surface area contributed by atoms with Gasteiger partial charge >= 0.3 is 0 Å². The first-order valence-electron chi connectivity index (χ1n) is 6.81. The van der Waals surface area contributed by atoms with Crippen molar-refractivity contribution < 1.29 is 14.4 Å². The number of nitrogens with one attached hydrogen (secondary N) is 1. The van der Waals surface area contributed by atoms with E-state index < -0.39 is 12.0 Å². The van der Waals surface area contributed by atoms with Crippen molar-refractivity contribution >= 4 is 17.5 Å². The maximum Gasteiger partial charge on any atom is 0.253 e. The van der Waals surface area contributed by atoms with Crippen LogP contribution in [0.3, 0.4) is 0 Å². The summed E-state index contributed by atoms with van der Waals surface area (Å²) in [7, 11) is 0. The SMILES string of the molecule is CC(C)(C)c1noc(CNC(=O)C(O)c2ccc(Cl)cc2)n1. The van der Waals surface area contributed by atoms with E-state index in [0.717, 1.165) is 0 Å². The largest absolute Gasteiger partial charge is 0.378 e. The zero-order valence-electron chi connectivity index (χ0n) is 12.6. The van der Waals surface area contributed by atoms with Gasteiger partial charge in [0.2, 0.25) is 5.89 Å². The number of hydrogen-bond donors (Lipinski definition) is 2. The molecule has 0 saturated carbocycles. The molecule has 2 N–H and O–H groups in total. The molecule has 0 aliphatic rings. The number of halogens is 1. The Morgan fingerprint density at radius 3 is 2.55 bits per heavy atom. The minimum Gasteiger partial charge on any atom is -0.378 e. The number of carbonyl (C=O) groups is 1. The molecule has 2 aromatic rings. The minimum absolute atomic E-state index is 0.0621. The third-order valence-electron chi connectivity index (χ3n) is 2.99. The van der Waals surface area contributed by atoms with Gasteiger partial charge in [-0.3, -0.25) is 4.79 Å². The van der Waals surface area contributed by atoms with E-state index in [2.05, 4.69) is 15.5 Å². The average molecular weight is 324 g/mol. The summed E-state index contributed by atoms with van der Waals surface area (Å²) in [4.78, 5) is 16.1. The highest BCUT2D eigenvalue weighted by molar-refractivity contribution is 6.30. The lowest BCUT2D eigenvalue weighted by molar-refractivity contribution is -0.129. The van der Waals surface area contributed by atoms with E-state index in [1.54, 1.807) is 24.3 Å². The molecule has 1 unspecified atom stereocenters. The fraction of sp³-hybridized carbons (Fsp3) is 0.400. The van der Waals surface area contributed by atoms with Crippen LogP contribution in [0.5, 0.6) is 0 Å². The highest BCUT2D eigenvalue weighted by Gasteiger charge is 2.22. The second-order valence-corrected chi connectivity index (χ2v) is 6.37. The van der Waals surface area contributed by atoms with E-state index in [9.17, 15) is 9.90 Å². The van der Waals surface area contributed by atoms with Gasteiger partial charge in [-0.15, -0.1) is 0 Å². The Hall–Kier alpha value is -1.92. The number of rotatable bonds is 4. The fourth-order valence-corrected chi connectivity index (χ4v) is 1.81. The van der Waals surface area contributed by atoms with Gasteiger partial charge in [0.15, 0.2) is 11.9 Å². The van der Waals surface area contributed by atoms with Crippen LogP contribution in [-0.4, -0.2) is 21.2 Å². The van der Waals surface area contributed by atoms with Crippen molar-refractivity contribution in [1.29, 1.82) is 0 Å². The second-order valence-electron chi connectivity index (χ2n) is 5.93. The van der Waals surface area contributed by atoms with Crippen LogP contribution in [0.4, 0.5) is 0 Å². The summed E-state index contributed by atoms with van der Waals surface area (Å²) >= 11 is 5.77. The van der Waals surface area contributed by atoms with Gasteiger partial charge in [-0.05, 0) is 17.7 Å². The van der Waals surface area contributed by atoms with E-state index in [-0.39, 0.29) is 12.0 Å². The van der Waals surface area contributed by atoms with Crippen molar-refractivity contribution in [2.75, 3.05) is 0 Å². The van der Waals surface area contributed by atoms with Crippen molar-refractivity contribution in [1.82, 2.24) is 15.5 Å². The lowest BCUT2D eigenvalue weighted by Crippen LogP contribution is -2.29. The fourth-order valence-electron chi connectivity index (χ4n) is 1.69. The van der Waals surface area contributed by atoms with Crippen molar-refractivity contribution in [2.45, 2.75) is 38.8 Å². The number of aliphatic hydroxyl groups excluding tert-OH is 1. The molecule has 0 aliphatic heterocycles. The Morgan fingerprint density at radius 2 is 2.00 bits per heavy atom. The Morgan fingerprint density at radius 1 is 1.36 bits per heavy atom.